The van der Waals surface area contributed by atoms with E-state index in [-0.39, 0.29) is 16.9 Å². The van der Waals surface area contributed by atoms with Crippen molar-refractivity contribution in [3.05, 3.63) is 54.1 Å². The van der Waals surface area contributed by atoms with Crippen molar-refractivity contribution in [2.45, 2.75) is 13.8 Å². The lowest BCUT2D eigenvalue weighted by atomic mass is 9.97. The van der Waals surface area contributed by atoms with Gasteiger partial charge in [-0.25, -0.2) is 0 Å². The summed E-state index contributed by atoms with van der Waals surface area (Å²) in [6.07, 6.45) is 0. The number of hydrogen-bond donors (Lipinski definition) is 4. The Kier molecular flexibility index (Phi) is 5.57. The van der Waals surface area contributed by atoms with Gasteiger partial charge in [-0.2, -0.15) is 0 Å². The number of ketones is 1. The van der Waals surface area contributed by atoms with Crippen molar-refractivity contribution in [1.29, 1.82) is 0 Å². The lowest BCUT2D eigenvalue weighted by molar-refractivity contribution is 0.105. The summed E-state index contributed by atoms with van der Waals surface area (Å²) in [4.78, 5) is 12.2. The molecule has 4 N–H and O–H groups in total. The van der Waals surface area contributed by atoms with E-state index in [1.807, 2.05) is 13.8 Å². The first-order valence-corrected chi connectivity index (χ1v) is 6.68. The number of Topliss-reactive ketones (excluding diaryl/α,β-unsaturated/α-hetero) is 1. The van der Waals surface area contributed by atoms with Crippen molar-refractivity contribution in [2.75, 3.05) is 0 Å². The molecule has 2 rings (SSSR count). The lowest BCUT2D eigenvalue weighted by Gasteiger charge is -2.08. The average Bonchev–Trinajstić information content (AvgIpc) is 2.52. The fourth-order valence-electron chi connectivity index (χ4n) is 1.70. The van der Waals surface area contributed by atoms with E-state index in [0.29, 0.717) is 5.56 Å². The summed E-state index contributed by atoms with van der Waals surface area (Å²) in [5.41, 5.74) is 0.392. The van der Waals surface area contributed by atoms with Gasteiger partial charge in [-0.15, -0.1) is 0 Å². The first-order valence-electron chi connectivity index (χ1n) is 6.68. The van der Waals surface area contributed by atoms with E-state index in [1.54, 1.807) is 0 Å². The number of phenols is 4. The molecule has 0 saturated carbocycles. The van der Waals surface area contributed by atoms with E-state index in [9.17, 15) is 25.2 Å². The molecule has 22 heavy (non-hydrogen) atoms. The minimum Gasteiger partial charge on any atom is -0.508 e. The molecule has 0 saturated heterocycles. The number of aromatic hydroxyl groups is 4. The zero-order valence-electron chi connectivity index (χ0n) is 12.4. The number of benzene rings is 2. The summed E-state index contributed by atoms with van der Waals surface area (Å²) >= 11 is 0. The first-order chi connectivity index (χ1) is 10.4. The molecular formula is C17H18O5. The van der Waals surface area contributed by atoms with Gasteiger partial charge in [-0.1, -0.05) is 32.6 Å². The molecule has 0 fully saturated rings. The zero-order chi connectivity index (χ0) is 16.9. The van der Waals surface area contributed by atoms with Crippen LogP contribution in [-0.2, 0) is 0 Å². The molecule has 0 atom stereocenters. The van der Waals surface area contributed by atoms with Gasteiger partial charge in [0.25, 0.3) is 0 Å². The monoisotopic (exact) mass is 302 g/mol. The van der Waals surface area contributed by atoms with Crippen molar-refractivity contribution in [3.8, 4) is 23.0 Å². The van der Waals surface area contributed by atoms with Crippen LogP contribution < -0.4 is 0 Å². The van der Waals surface area contributed by atoms with Crippen LogP contribution in [0.2, 0.25) is 0 Å². The fourth-order valence-corrected chi connectivity index (χ4v) is 1.70. The van der Waals surface area contributed by atoms with Gasteiger partial charge < -0.3 is 20.4 Å². The highest BCUT2D eigenvalue weighted by Crippen LogP contribution is 2.34. The van der Waals surface area contributed by atoms with Crippen LogP contribution >= 0.6 is 0 Å². The van der Waals surface area contributed by atoms with Crippen LogP contribution in [0.4, 0.5) is 0 Å². The van der Waals surface area contributed by atoms with E-state index < -0.39 is 23.0 Å². The zero-order valence-corrected chi connectivity index (χ0v) is 12.4. The van der Waals surface area contributed by atoms with Crippen LogP contribution in [0.15, 0.2) is 43.0 Å². The third-order valence-electron chi connectivity index (χ3n) is 2.83. The second-order valence-corrected chi connectivity index (χ2v) is 4.21. The van der Waals surface area contributed by atoms with Crippen molar-refractivity contribution in [1.82, 2.24) is 0 Å². The van der Waals surface area contributed by atoms with Crippen LogP contribution in [-0.4, -0.2) is 26.2 Å². The number of allylic oxidation sites excluding steroid dienone is 1. The maximum atomic E-state index is 12.2. The van der Waals surface area contributed by atoms with Crippen LogP contribution in [0.1, 0.15) is 29.8 Å². The average molecular weight is 302 g/mol. The number of hydrogen-bond acceptors (Lipinski definition) is 5. The van der Waals surface area contributed by atoms with Crippen LogP contribution in [0, 0.1) is 0 Å². The molecule has 0 bridgehead atoms. The van der Waals surface area contributed by atoms with E-state index in [4.69, 9.17) is 0 Å². The summed E-state index contributed by atoms with van der Waals surface area (Å²) in [7, 11) is 0. The van der Waals surface area contributed by atoms with Gasteiger partial charge in [0, 0.05) is 11.6 Å². The predicted octanol–water partition coefficient (Wildman–Crippen LogP) is 3.43. The summed E-state index contributed by atoms with van der Waals surface area (Å²) in [5, 5.41) is 37.4. The maximum absolute atomic E-state index is 12.2. The summed E-state index contributed by atoms with van der Waals surface area (Å²) in [6, 6.07) is 7.68. The highest BCUT2D eigenvalue weighted by atomic mass is 16.3. The highest BCUT2D eigenvalue weighted by molar-refractivity contribution is 6.29. The predicted molar refractivity (Wildman–Crippen MR) is 84.3 cm³/mol. The van der Waals surface area contributed by atoms with Crippen molar-refractivity contribution >= 4 is 11.4 Å². The van der Waals surface area contributed by atoms with E-state index in [1.165, 1.54) is 24.3 Å². The molecule has 0 unspecified atom stereocenters. The second-order valence-electron chi connectivity index (χ2n) is 4.21. The second kappa shape index (κ2) is 7.17. The molecule has 0 aliphatic heterocycles. The normalized spacial score (nSPS) is 9.55. The number of carbonyl (C=O) groups is 1. The topological polar surface area (TPSA) is 98.0 Å². The van der Waals surface area contributed by atoms with Gasteiger partial charge in [0.2, 0.25) is 0 Å². The van der Waals surface area contributed by atoms with E-state index in [0.717, 1.165) is 12.1 Å². The van der Waals surface area contributed by atoms with Gasteiger partial charge >= 0.3 is 0 Å². The number of phenolic OH excluding ortho intramolecular Hbond substituents is 4. The molecule has 5 heteroatoms. The molecule has 2 aromatic carbocycles. The summed E-state index contributed by atoms with van der Waals surface area (Å²) in [5.74, 6) is -2.02. The molecule has 0 amide bonds. The Morgan fingerprint density at radius 3 is 1.91 bits per heavy atom. The maximum Gasteiger partial charge on any atom is 0.196 e. The van der Waals surface area contributed by atoms with E-state index in [2.05, 4.69) is 6.58 Å². The van der Waals surface area contributed by atoms with Crippen molar-refractivity contribution in [2.24, 2.45) is 0 Å². The molecular weight excluding hydrogens is 284 g/mol. The van der Waals surface area contributed by atoms with Gasteiger partial charge in [-0.05, 0) is 23.8 Å². The molecule has 0 aromatic heterocycles. The molecule has 0 aliphatic rings. The Hall–Kier alpha value is -2.95. The largest absolute Gasteiger partial charge is 0.508 e. The molecule has 0 heterocycles. The summed E-state index contributed by atoms with van der Waals surface area (Å²) < 4.78 is 0. The standard InChI is InChI=1S/C15H12O5.C2H6/c1-8(9-2-4-10(16)5-3-9)15(20)11-6-13(18)14(19)7-12(11)17;1-2/h2-7,16-19H,1H2;1-2H3. The first kappa shape index (κ1) is 17.1. The lowest BCUT2D eigenvalue weighted by Crippen LogP contribution is -2.02. The number of carbonyl (C=O) groups excluding carboxylic acids is 1. The fraction of sp³-hybridized carbons (Fsp3) is 0.118. The minimum atomic E-state index is -0.594. The molecule has 0 spiro atoms. The van der Waals surface area contributed by atoms with Gasteiger partial charge in [0.05, 0.1) is 5.56 Å². The molecule has 0 radical (unpaired) electrons. The highest BCUT2D eigenvalue weighted by Gasteiger charge is 2.18. The van der Waals surface area contributed by atoms with Crippen molar-refractivity contribution in [3.63, 3.8) is 0 Å². The number of rotatable bonds is 3. The Balaban J connectivity index is 0.00000116. The SMILES string of the molecule is C=C(C(=O)c1cc(O)c(O)cc1O)c1ccc(O)cc1.CC. The summed E-state index contributed by atoms with van der Waals surface area (Å²) in [6.45, 7) is 7.64. The molecule has 0 aliphatic carbocycles. The van der Waals surface area contributed by atoms with Crippen molar-refractivity contribution < 1.29 is 25.2 Å². The van der Waals surface area contributed by atoms with Gasteiger partial charge in [0.15, 0.2) is 17.3 Å². The molecule has 5 nitrogen and oxygen atoms in total. The van der Waals surface area contributed by atoms with Gasteiger partial charge in [0.1, 0.15) is 11.5 Å². The minimum absolute atomic E-state index is 0.0547. The van der Waals surface area contributed by atoms with Crippen LogP contribution in [0.25, 0.3) is 5.57 Å². The Morgan fingerprint density at radius 2 is 1.36 bits per heavy atom. The Labute approximate surface area is 128 Å². The third kappa shape index (κ3) is 3.58. The third-order valence-corrected chi connectivity index (χ3v) is 2.83. The van der Waals surface area contributed by atoms with Crippen LogP contribution in [0.5, 0.6) is 23.0 Å². The Morgan fingerprint density at radius 1 is 0.864 bits per heavy atom. The molecule has 2 aromatic rings. The Bertz CT molecular complexity index is 687. The van der Waals surface area contributed by atoms with E-state index >= 15 is 0 Å². The van der Waals surface area contributed by atoms with Gasteiger partial charge in [-0.3, -0.25) is 4.79 Å². The molecule has 116 valence electrons. The quantitative estimate of drug-likeness (QED) is 0.301. The smallest absolute Gasteiger partial charge is 0.196 e. The van der Waals surface area contributed by atoms with Crippen LogP contribution in [0.3, 0.4) is 0 Å².